The number of methoxy groups -OCH3 is 1. The number of thiophene rings is 1. The Bertz CT molecular complexity index is 707. The molecule has 2 N–H and O–H groups in total. The molecule has 1 aliphatic rings. The largest absolute Gasteiger partial charge is 0.481 e. The molecule has 2 rings (SSSR count). The fourth-order valence-corrected chi connectivity index (χ4v) is 4.08. The van der Waals surface area contributed by atoms with E-state index in [-0.39, 0.29) is 17.9 Å². The number of carboxylic acid groups (broad SMARTS) is 1. The first-order valence-electron chi connectivity index (χ1n) is 8.54. The van der Waals surface area contributed by atoms with Gasteiger partial charge < -0.3 is 14.7 Å². The minimum absolute atomic E-state index is 0.101. The van der Waals surface area contributed by atoms with Crippen LogP contribution < -0.4 is 5.32 Å². The van der Waals surface area contributed by atoms with E-state index in [1.54, 1.807) is 6.07 Å². The highest BCUT2D eigenvalue weighted by Crippen LogP contribution is 2.36. The third kappa shape index (κ3) is 4.55. The summed E-state index contributed by atoms with van der Waals surface area (Å²) < 4.78 is 4.82. The van der Waals surface area contributed by atoms with Crippen LogP contribution in [0.3, 0.4) is 0 Å². The van der Waals surface area contributed by atoms with Crippen molar-refractivity contribution < 1.29 is 24.2 Å². The van der Waals surface area contributed by atoms with E-state index in [9.17, 15) is 19.5 Å². The van der Waals surface area contributed by atoms with Crippen LogP contribution in [0.25, 0.3) is 0 Å². The van der Waals surface area contributed by atoms with E-state index in [4.69, 9.17) is 4.74 Å². The number of hydrogen-bond donors (Lipinski definition) is 2. The number of nitrogens with zero attached hydrogens (tertiary/aromatic N) is 1. The quantitative estimate of drug-likeness (QED) is 0.781. The highest BCUT2D eigenvalue weighted by molar-refractivity contribution is 7.16. The molecule has 8 heteroatoms. The predicted molar refractivity (Wildman–Crippen MR) is 99.9 cm³/mol. The number of amides is 2. The Hall–Kier alpha value is -2.09. The number of nitrogens with one attached hydrogen (secondary N) is 1. The topological polar surface area (TPSA) is 95.9 Å². The predicted octanol–water partition coefficient (Wildman–Crippen LogP) is 3.41. The molecule has 1 aliphatic heterocycles. The molecule has 0 saturated carbocycles. The highest BCUT2D eigenvalue weighted by atomic mass is 32.1. The molecule has 2 atom stereocenters. The number of esters is 1. The number of ether oxygens (including phenoxy) is 1. The molecule has 7 nitrogen and oxygen atoms in total. The highest BCUT2D eigenvalue weighted by Gasteiger charge is 2.33. The standard InChI is InChI=1S/C18H26N2O5S/c1-10-6-11(15(21)22)9-20(8-10)17(24)19-14-12(16(23)25-5)7-13(26-14)18(2,3)4/h7,10-11H,6,8-9H2,1-5H3,(H,19,24)(H,21,22). The average molecular weight is 382 g/mol. The summed E-state index contributed by atoms with van der Waals surface area (Å²) in [6.45, 7) is 8.65. The van der Waals surface area contributed by atoms with Gasteiger partial charge in [0.05, 0.1) is 18.6 Å². The lowest BCUT2D eigenvalue weighted by atomic mass is 9.91. The van der Waals surface area contributed by atoms with Crippen molar-refractivity contribution in [2.45, 2.75) is 39.5 Å². The molecule has 1 aromatic heterocycles. The van der Waals surface area contributed by atoms with Crippen molar-refractivity contribution in [1.82, 2.24) is 4.90 Å². The first-order chi connectivity index (χ1) is 12.0. The van der Waals surface area contributed by atoms with E-state index in [1.807, 2.05) is 27.7 Å². The molecule has 144 valence electrons. The SMILES string of the molecule is COC(=O)c1cc(C(C)(C)C)sc1NC(=O)N1CC(C)CC(C(=O)O)C1. The van der Waals surface area contributed by atoms with Gasteiger partial charge in [-0.05, 0) is 23.8 Å². The molecule has 0 spiro atoms. The van der Waals surface area contributed by atoms with Crippen molar-refractivity contribution in [2.75, 3.05) is 25.5 Å². The minimum atomic E-state index is -0.893. The van der Waals surface area contributed by atoms with Gasteiger partial charge in [0.1, 0.15) is 5.00 Å². The Balaban J connectivity index is 2.23. The van der Waals surface area contributed by atoms with Gasteiger partial charge >= 0.3 is 18.0 Å². The lowest BCUT2D eigenvalue weighted by Gasteiger charge is -2.34. The second kappa shape index (κ2) is 7.65. The van der Waals surface area contributed by atoms with Crippen LogP contribution in [0.2, 0.25) is 0 Å². The van der Waals surface area contributed by atoms with E-state index in [2.05, 4.69) is 5.32 Å². The molecule has 1 aromatic rings. The molecule has 0 radical (unpaired) electrons. The van der Waals surface area contributed by atoms with Gasteiger partial charge in [0.2, 0.25) is 0 Å². The Kier molecular flexibility index (Phi) is 5.95. The summed E-state index contributed by atoms with van der Waals surface area (Å²) in [5.41, 5.74) is 0.139. The molecule has 0 aliphatic carbocycles. The number of carboxylic acids is 1. The van der Waals surface area contributed by atoms with E-state index < -0.39 is 23.9 Å². The van der Waals surface area contributed by atoms with Crippen LogP contribution in [-0.2, 0) is 14.9 Å². The molecule has 2 unspecified atom stereocenters. The maximum Gasteiger partial charge on any atom is 0.340 e. The number of carbonyl (C=O) groups is 3. The lowest BCUT2D eigenvalue weighted by molar-refractivity contribution is -0.143. The fourth-order valence-electron chi connectivity index (χ4n) is 2.99. The second-order valence-corrected chi connectivity index (χ2v) is 8.86. The zero-order valence-corrected chi connectivity index (χ0v) is 16.6. The summed E-state index contributed by atoms with van der Waals surface area (Å²) in [7, 11) is 1.30. The van der Waals surface area contributed by atoms with Crippen molar-refractivity contribution >= 4 is 34.3 Å². The Morgan fingerprint density at radius 2 is 1.96 bits per heavy atom. The summed E-state index contributed by atoms with van der Waals surface area (Å²) in [4.78, 5) is 38.5. The van der Waals surface area contributed by atoms with Crippen LogP contribution in [0.4, 0.5) is 9.80 Å². The Labute approximate surface area is 157 Å². The van der Waals surface area contributed by atoms with Crippen molar-refractivity contribution in [2.24, 2.45) is 11.8 Å². The van der Waals surface area contributed by atoms with Gasteiger partial charge in [-0.25, -0.2) is 9.59 Å². The maximum absolute atomic E-state index is 12.7. The molecule has 1 fully saturated rings. The molecule has 2 amide bonds. The van der Waals surface area contributed by atoms with Crippen molar-refractivity contribution in [3.8, 4) is 0 Å². The van der Waals surface area contributed by atoms with Crippen LogP contribution in [-0.4, -0.2) is 48.2 Å². The van der Waals surface area contributed by atoms with Gasteiger partial charge in [-0.1, -0.05) is 27.7 Å². The zero-order valence-electron chi connectivity index (χ0n) is 15.8. The number of likely N-dealkylation sites (tertiary alicyclic amines) is 1. The van der Waals surface area contributed by atoms with Gasteiger partial charge in [0.15, 0.2) is 0 Å². The number of rotatable bonds is 3. The smallest absolute Gasteiger partial charge is 0.340 e. The summed E-state index contributed by atoms with van der Waals surface area (Å²) in [6, 6.07) is 1.35. The van der Waals surface area contributed by atoms with Crippen LogP contribution in [0.1, 0.15) is 49.4 Å². The lowest BCUT2D eigenvalue weighted by Crippen LogP contribution is -2.47. The van der Waals surface area contributed by atoms with Crippen molar-refractivity contribution in [1.29, 1.82) is 0 Å². The van der Waals surface area contributed by atoms with Crippen LogP contribution in [0.15, 0.2) is 6.07 Å². The summed E-state index contributed by atoms with van der Waals surface area (Å²) >= 11 is 1.33. The van der Waals surface area contributed by atoms with Gasteiger partial charge in [0, 0.05) is 18.0 Å². The van der Waals surface area contributed by atoms with E-state index >= 15 is 0 Å². The summed E-state index contributed by atoms with van der Waals surface area (Å²) in [5, 5.41) is 12.5. The molecule has 2 heterocycles. The van der Waals surface area contributed by atoms with Gasteiger partial charge in [-0.2, -0.15) is 0 Å². The maximum atomic E-state index is 12.7. The van der Waals surface area contributed by atoms with E-state index in [1.165, 1.54) is 23.3 Å². The van der Waals surface area contributed by atoms with Crippen LogP contribution in [0.5, 0.6) is 0 Å². The first-order valence-corrected chi connectivity index (χ1v) is 9.36. The van der Waals surface area contributed by atoms with Crippen molar-refractivity contribution in [3.63, 3.8) is 0 Å². The minimum Gasteiger partial charge on any atom is -0.481 e. The second-order valence-electron chi connectivity index (χ2n) is 7.81. The number of carbonyl (C=O) groups excluding carboxylic acids is 2. The molecular formula is C18H26N2O5S. The van der Waals surface area contributed by atoms with Crippen molar-refractivity contribution in [3.05, 3.63) is 16.5 Å². The average Bonchev–Trinajstić information content (AvgIpc) is 2.97. The number of hydrogen-bond acceptors (Lipinski definition) is 5. The molecule has 0 aromatic carbocycles. The first kappa shape index (κ1) is 20.2. The summed E-state index contributed by atoms with van der Waals surface area (Å²) in [5.74, 6) is -1.87. The Morgan fingerprint density at radius 3 is 2.50 bits per heavy atom. The number of piperidine rings is 1. The van der Waals surface area contributed by atoms with E-state index in [0.717, 1.165) is 4.88 Å². The van der Waals surface area contributed by atoms with Gasteiger partial charge in [0.25, 0.3) is 0 Å². The fraction of sp³-hybridized carbons (Fsp3) is 0.611. The third-order valence-electron chi connectivity index (χ3n) is 4.39. The molecule has 26 heavy (non-hydrogen) atoms. The number of aliphatic carboxylic acids is 1. The van der Waals surface area contributed by atoms with Gasteiger partial charge in [-0.15, -0.1) is 11.3 Å². The molecule has 0 bridgehead atoms. The number of urea groups is 1. The molecular weight excluding hydrogens is 356 g/mol. The Morgan fingerprint density at radius 1 is 1.31 bits per heavy atom. The monoisotopic (exact) mass is 382 g/mol. The summed E-state index contributed by atoms with van der Waals surface area (Å²) in [6.07, 6.45) is 0.555. The van der Waals surface area contributed by atoms with Crippen LogP contribution in [0, 0.1) is 11.8 Å². The third-order valence-corrected chi connectivity index (χ3v) is 5.87. The zero-order chi connectivity index (χ0) is 19.6. The van der Waals surface area contributed by atoms with E-state index in [0.29, 0.717) is 23.5 Å². The number of anilines is 1. The van der Waals surface area contributed by atoms with Gasteiger partial charge in [-0.3, -0.25) is 10.1 Å². The normalized spacial score (nSPS) is 20.6. The molecule has 1 saturated heterocycles. The van der Waals surface area contributed by atoms with Crippen LogP contribution >= 0.6 is 11.3 Å².